The largest absolute Gasteiger partial charge is 0.462 e. The molecule has 0 amide bonds. The summed E-state index contributed by atoms with van der Waals surface area (Å²) in [4.78, 5) is 10.9. The van der Waals surface area contributed by atoms with E-state index in [1.165, 1.54) is 12.8 Å². The third kappa shape index (κ3) is 1.26. The van der Waals surface area contributed by atoms with Gasteiger partial charge in [-0.15, -0.1) is 0 Å². The zero-order valence-electron chi connectivity index (χ0n) is 6.88. The van der Waals surface area contributed by atoms with Gasteiger partial charge in [0.2, 0.25) is 0 Å². The van der Waals surface area contributed by atoms with Crippen molar-refractivity contribution in [3.63, 3.8) is 0 Å². The third-order valence-electron chi connectivity index (χ3n) is 2.89. The second-order valence-electron chi connectivity index (χ2n) is 3.91. The highest BCUT2D eigenvalue weighted by Crippen LogP contribution is 2.37. The van der Waals surface area contributed by atoms with Crippen LogP contribution < -0.4 is 0 Å². The molecule has 0 unspecified atom stereocenters. The Morgan fingerprint density at radius 1 is 1.45 bits per heavy atom. The molecule has 1 aliphatic heterocycles. The third-order valence-corrected chi connectivity index (χ3v) is 2.89. The van der Waals surface area contributed by atoms with Crippen molar-refractivity contribution in [1.82, 2.24) is 0 Å². The van der Waals surface area contributed by atoms with Crippen LogP contribution in [0.3, 0.4) is 0 Å². The maximum absolute atomic E-state index is 10.9. The number of ether oxygens (including phenoxy) is 1. The van der Waals surface area contributed by atoms with Gasteiger partial charge in [-0.2, -0.15) is 0 Å². The molecule has 0 aromatic rings. The monoisotopic (exact) mass is 154 g/mol. The van der Waals surface area contributed by atoms with E-state index >= 15 is 0 Å². The highest BCUT2D eigenvalue weighted by atomic mass is 16.5. The molecule has 3 atom stereocenters. The van der Waals surface area contributed by atoms with Crippen LogP contribution >= 0.6 is 0 Å². The standard InChI is InChI=1S/C9H14O2/c1-6-2-3-8-7(4-6)5-9(10)11-8/h6-8H,2-5H2,1H3/t6-,7-,8-/m0/s1. The first-order valence-electron chi connectivity index (χ1n) is 4.45. The molecule has 2 heteroatoms. The minimum Gasteiger partial charge on any atom is -0.462 e. The highest BCUT2D eigenvalue weighted by molar-refractivity contribution is 5.72. The lowest BCUT2D eigenvalue weighted by atomic mass is 9.80. The van der Waals surface area contributed by atoms with Gasteiger partial charge in [0.25, 0.3) is 0 Å². The summed E-state index contributed by atoms with van der Waals surface area (Å²) in [6.07, 6.45) is 4.47. The van der Waals surface area contributed by atoms with Crippen molar-refractivity contribution < 1.29 is 9.53 Å². The molecule has 2 fully saturated rings. The van der Waals surface area contributed by atoms with Gasteiger partial charge in [0.15, 0.2) is 0 Å². The van der Waals surface area contributed by atoms with Crippen molar-refractivity contribution in [2.24, 2.45) is 11.8 Å². The summed E-state index contributed by atoms with van der Waals surface area (Å²) in [5.74, 6) is 1.37. The fourth-order valence-electron chi connectivity index (χ4n) is 2.27. The smallest absolute Gasteiger partial charge is 0.306 e. The Bertz CT molecular complexity index is 176. The molecular weight excluding hydrogens is 140 g/mol. The van der Waals surface area contributed by atoms with Gasteiger partial charge in [0, 0.05) is 5.92 Å². The van der Waals surface area contributed by atoms with Crippen molar-refractivity contribution in [1.29, 1.82) is 0 Å². The van der Waals surface area contributed by atoms with Gasteiger partial charge in [-0.1, -0.05) is 6.92 Å². The van der Waals surface area contributed by atoms with Gasteiger partial charge < -0.3 is 4.74 Å². The van der Waals surface area contributed by atoms with E-state index in [0.29, 0.717) is 12.3 Å². The van der Waals surface area contributed by atoms with Gasteiger partial charge in [-0.05, 0) is 25.2 Å². The van der Waals surface area contributed by atoms with E-state index in [-0.39, 0.29) is 12.1 Å². The number of hydrogen-bond acceptors (Lipinski definition) is 2. The van der Waals surface area contributed by atoms with Gasteiger partial charge in [0.1, 0.15) is 6.10 Å². The molecule has 62 valence electrons. The lowest BCUT2D eigenvalue weighted by Gasteiger charge is -2.27. The molecule has 2 rings (SSSR count). The van der Waals surface area contributed by atoms with Gasteiger partial charge in [0.05, 0.1) is 6.42 Å². The first-order valence-corrected chi connectivity index (χ1v) is 4.45. The van der Waals surface area contributed by atoms with Crippen molar-refractivity contribution >= 4 is 5.97 Å². The van der Waals surface area contributed by atoms with E-state index in [1.54, 1.807) is 0 Å². The maximum Gasteiger partial charge on any atom is 0.306 e. The van der Waals surface area contributed by atoms with Crippen LogP contribution in [0.25, 0.3) is 0 Å². The predicted molar refractivity (Wildman–Crippen MR) is 41.0 cm³/mol. The topological polar surface area (TPSA) is 26.3 Å². The van der Waals surface area contributed by atoms with Gasteiger partial charge in [-0.3, -0.25) is 4.79 Å². The van der Waals surface area contributed by atoms with E-state index in [0.717, 1.165) is 12.3 Å². The number of hydrogen-bond donors (Lipinski definition) is 0. The number of carbonyl (C=O) groups excluding carboxylic acids is 1. The van der Waals surface area contributed by atoms with Crippen molar-refractivity contribution in [3.8, 4) is 0 Å². The maximum atomic E-state index is 10.9. The molecule has 1 saturated heterocycles. The molecule has 0 spiro atoms. The van der Waals surface area contributed by atoms with Crippen LogP contribution in [0, 0.1) is 11.8 Å². The van der Waals surface area contributed by atoms with Crippen molar-refractivity contribution in [2.45, 2.75) is 38.7 Å². The van der Waals surface area contributed by atoms with Crippen molar-refractivity contribution in [2.75, 3.05) is 0 Å². The van der Waals surface area contributed by atoms with Crippen LogP contribution in [0.15, 0.2) is 0 Å². The second-order valence-corrected chi connectivity index (χ2v) is 3.91. The van der Waals surface area contributed by atoms with E-state index in [1.807, 2.05) is 0 Å². The Morgan fingerprint density at radius 2 is 2.27 bits per heavy atom. The fourth-order valence-corrected chi connectivity index (χ4v) is 2.27. The molecular formula is C9H14O2. The molecule has 1 heterocycles. The van der Waals surface area contributed by atoms with Crippen LogP contribution in [0.4, 0.5) is 0 Å². The summed E-state index contributed by atoms with van der Waals surface area (Å²) in [6.45, 7) is 2.26. The Kier molecular flexibility index (Phi) is 1.63. The molecule has 0 aromatic carbocycles. The van der Waals surface area contributed by atoms with Crippen molar-refractivity contribution in [3.05, 3.63) is 0 Å². The Labute approximate surface area is 66.9 Å². The van der Waals surface area contributed by atoms with E-state index in [2.05, 4.69) is 6.92 Å². The lowest BCUT2D eigenvalue weighted by Crippen LogP contribution is -2.24. The minimum absolute atomic E-state index is 0.0223. The normalized spacial score (nSPS) is 43.4. The molecule has 1 aliphatic carbocycles. The molecule has 0 aromatic heterocycles. The SMILES string of the molecule is C[C@H]1CC[C@@H]2OC(=O)C[C@@H]2C1. The first kappa shape index (κ1) is 7.14. The summed E-state index contributed by atoms with van der Waals surface area (Å²) in [6, 6.07) is 0. The van der Waals surface area contributed by atoms with E-state index in [9.17, 15) is 4.79 Å². The second kappa shape index (κ2) is 2.50. The van der Waals surface area contributed by atoms with Gasteiger partial charge >= 0.3 is 5.97 Å². The molecule has 0 N–H and O–H groups in total. The number of fused-ring (bicyclic) bond motifs is 1. The molecule has 2 nitrogen and oxygen atoms in total. The molecule has 2 aliphatic rings. The van der Waals surface area contributed by atoms with Gasteiger partial charge in [-0.25, -0.2) is 0 Å². The average Bonchev–Trinajstić information content (AvgIpc) is 2.27. The quantitative estimate of drug-likeness (QED) is 0.497. The Hall–Kier alpha value is -0.530. The summed E-state index contributed by atoms with van der Waals surface area (Å²) >= 11 is 0. The summed E-state index contributed by atoms with van der Waals surface area (Å²) < 4.78 is 5.17. The molecule has 1 saturated carbocycles. The molecule has 0 bridgehead atoms. The first-order chi connectivity index (χ1) is 5.25. The number of carbonyl (C=O) groups is 1. The van der Waals surface area contributed by atoms with E-state index < -0.39 is 0 Å². The van der Waals surface area contributed by atoms with Crippen LogP contribution in [0.5, 0.6) is 0 Å². The predicted octanol–water partition coefficient (Wildman–Crippen LogP) is 1.74. The number of esters is 1. The molecule has 0 radical (unpaired) electrons. The van der Waals surface area contributed by atoms with Crippen LogP contribution in [0.1, 0.15) is 32.6 Å². The zero-order valence-corrected chi connectivity index (χ0v) is 6.88. The Morgan fingerprint density at radius 3 is 3.09 bits per heavy atom. The Balaban J connectivity index is 2.02. The minimum atomic E-state index is 0.0223. The van der Waals surface area contributed by atoms with E-state index in [4.69, 9.17) is 4.74 Å². The summed E-state index contributed by atoms with van der Waals surface area (Å²) in [5, 5.41) is 0. The zero-order chi connectivity index (χ0) is 7.84. The average molecular weight is 154 g/mol. The summed E-state index contributed by atoms with van der Waals surface area (Å²) in [5.41, 5.74) is 0. The lowest BCUT2D eigenvalue weighted by molar-refractivity contribution is -0.142. The summed E-state index contributed by atoms with van der Waals surface area (Å²) in [7, 11) is 0. The highest BCUT2D eigenvalue weighted by Gasteiger charge is 2.38. The fraction of sp³-hybridized carbons (Fsp3) is 0.889. The number of rotatable bonds is 0. The van der Waals surface area contributed by atoms with Crippen LogP contribution in [-0.4, -0.2) is 12.1 Å². The molecule has 11 heavy (non-hydrogen) atoms. The van der Waals surface area contributed by atoms with Crippen LogP contribution in [0.2, 0.25) is 0 Å². The van der Waals surface area contributed by atoms with Crippen LogP contribution in [-0.2, 0) is 9.53 Å².